The maximum Gasteiger partial charge on any atom is 0.306 e. The van der Waals surface area contributed by atoms with Crippen molar-refractivity contribution in [1.82, 2.24) is 0 Å². The summed E-state index contributed by atoms with van der Waals surface area (Å²) in [6.07, 6.45) is 48.1. The van der Waals surface area contributed by atoms with Crippen LogP contribution in [0.15, 0.2) is 0 Å². The molecule has 1 unspecified atom stereocenters. The van der Waals surface area contributed by atoms with Crippen LogP contribution >= 0.6 is 0 Å². The molecule has 0 aliphatic rings. The van der Waals surface area contributed by atoms with Crippen molar-refractivity contribution in [1.29, 1.82) is 0 Å². The molecule has 0 fully saturated rings. The Bertz CT molecular complexity index is 918. The monoisotopic (exact) mass is 849 g/mol. The highest BCUT2D eigenvalue weighted by Crippen LogP contribution is 2.18. The topological polar surface area (TPSA) is 78.9 Å². The van der Waals surface area contributed by atoms with E-state index in [-0.39, 0.29) is 31.1 Å². The van der Waals surface area contributed by atoms with Crippen LogP contribution in [0.3, 0.4) is 0 Å². The van der Waals surface area contributed by atoms with Crippen molar-refractivity contribution in [3.05, 3.63) is 0 Å². The van der Waals surface area contributed by atoms with Crippen molar-refractivity contribution in [3.63, 3.8) is 0 Å². The second-order valence-corrected chi connectivity index (χ2v) is 19.2. The molecule has 0 spiro atoms. The van der Waals surface area contributed by atoms with Gasteiger partial charge in [-0.05, 0) is 31.1 Å². The molecule has 0 aliphatic heterocycles. The van der Waals surface area contributed by atoms with E-state index in [4.69, 9.17) is 14.2 Å². The zero-order valence-electron chi connectivity index (χ0n) is 41.1. The van der Waals surface area contributed by atoms with Crippen LogP contribution in [0.2, 0.25) is 0 Å². The molecule has 0 aromatic rings. The minimum Gasteiger partial charge on any atom is -0.462 e. The number of hydrogen-bond donors (Lipinski definition) is 0. The van der Waals surface area contributed by atoms with Crippen LogP contribution in [0.25, 0.3) is 0 Å². The van der Waals surface area contributed by atoms with Crippen LogP contribution in [0.1, 0.15) is 298 Å². The lowest BCUT2D eigenvalue weighted by molar-refractivity contribution is -0.167. The lowest BCUT2D eigenvalue weighted by Crippen LogP contribution is -2.30. The van der Waals surface area contributed by atoms with Gasteiger partial charge >= 0.3 is 17.9 Å². The zero-order valence-corrected chi connectivity index (χ0v) is 41.1. The second-order valence-electron chi connectivity index (χ2n) is 19.2. The van der Waals surface area contributed by atoms with Crippen LogP contribution in [-0.2, 0) is 28.6 Å². The first-order valence-electron chi connectivity index (χ1n) is 26.8. The van der Waals surface area contributed by atoms with E-state index in [9.17, 15) is 14.4 Å². The maximum atomic E-state index is 12.8. The van der Waals surface area contributed by atoms with E-state index < -0.39 is 6.10 Å². The molecule has 0 aromatic heterocycles. The molecular weight excluding hydrogens is 745 g/mol. The molecule has 2 atom stereocenters. The van der Waals surface area contributed by atoms with E-state index in [2.05, 4.69) is 34.6 Å². The van der Waals surface area contributed by atoms with Gasteiger partial charge in [0.25, 0.3) is 0 Å². The molecule has 6 nitrogen and oxygen atoms in total. The predicted molar refractivity (Wildman–Crippen MR) is 256 cm³/mol. The molecule has 0 saturated heterocycles. The van der Waals surface area contributed by atoms with Crippen LogP contribution in [0.5, 0.6) is 0 Å². The van der Waals surface area contributed by atoms with E-state index in [0.717, 1.165) is 69.6 Å². The first-order valence-corrected chi connectivity index (χ1v) is 26.8. The van der Waals surface area contributed by atoms with E-state index in [1.165, 1.54) is 186 Å². The van der Waals surface area contributed by atoms with E-state index in [0.29, 0.717) is 19.3 Å². The summed E-state index contributed by atoms with van der Waals surface area (Å²) in [5.41, 5.74) is 0. The lowest BCUT2D eigenvalue weighted by Gasteiger charge is -2.18. The number of unbranched alkanes of at least 4 members (excludes halogenated alkanes) is 32. The molecule has 0 heterocycles. The molecule has 0 amide bonds. The average molecular weight is 849 g/mol. The molecule has 0 aliphatic carbocycles. The molecule has 0 saturated carbocycles. The molecule has 0 rings (SSSR count). The molecule has 6 heteroatoms. The Morgan fingerprint density at radius 2 is 0.633 bits per heavy atom. The SMILES string of the molecule is CCCCCCCCCCCCCCCCCCCCC(=O)OC[C@@H](COC(=O)CCCCCCCCC(C)CC)OC(=O)CCCCCCCCCCCCCC(C)C. The standard InChI is InChI=1S/C54H104O6/c1-6-8-9-10-11-12-13-14-15-16-17-18-19-22-25-28-34-39-44-52(55)58-47-51(48-59-53(56)45-40-35-31-30-33-38-43-50(5)7-2)60-54(57)46-41-36-29-26-23-20-21-24-27-32-37-42-49(3)4/h49-51H,6-48H2,1-5H3/t50?,51-/m0/s1. The van der Waals surface area contributed by atoms with Crippen molar-refractivity contribution >= 4 is 17.9 Å². The van der Waals surface area contributed by atoms with Crippen LogP contribution in [-0.4, -0.2) is 37.2 Å². The summed E-state index contributed by atoms with van der Waals surface area (Å²) in [7, 11) is 0. The highest BCUT2D eigenvalue weighted by molar-refractivity contribution is 5.71. The summed E-state index contributed by atoms with van der Waals surface area (Å²) in [5, 5.41) is 0. The summed E-state index contributed by atoms with van der Waals surface area (Å²) in [6.45, 7) is 11.4. The fourth-order valence-corrected chi connectivity index (χ4v) is 8.13. The third-order valence-corrected chi connectivity index (χ3v) is 12.6. The van der Waals surface area contributed by atoms with Crippen LogP contribution < -0.4 is 0 Å². The van der Waals surface area contributed by atoms with Crippen LogP contribution in [0, 0.1) is 11.8 Å². The fraction of sp³-hybridized carbons (Fsp3) is 0.944. The van der Waals surface area contributed by atoms with Gasteiger partial charge in [0.15, 0.2) is 6.10 Å². The van der Waals surface area contributed by atoms with E-state index in [1.807, 2.05) is 0 Å². The molecule has 0 bridgehead atoms. The normalized spacial score (nSPS) is 12.5. The average Bonchev–Trinajstić information content (AvgIpc) is 3.23. The highest BCUT2D eigenvalue weighted by atomic mass is 16.6. The molecule has 0 radical (unpaired) electrons. The second kappa shape index (κ2) is 46.9. The van der Waals surface area contributed by atoms with Crippen molar-refractivity contribution in [2.24, 2.45) is 11.8 Å². The first kappa shape index (κ1) is 58.4. The van der Waals surface area contributed by atoms with Crippen molar-refractivity contribution in [3.8, 4) is 0 Å². The predicted octanol–water partition coefficient (Wildman–Crippen LogP) is 17.3. The minimum atomic E-state index is -0.762. The van der Waals surface area contributed by atoms with E-state index >= 15 is 0 Å². The quantitative estimate of drug-likeness (QED) is 0.0345. The van der Waals surface area contributed by atoms with Gasteiger partial charge in [-0.1, -0.05) is 259 Å². The summed E-state index contributed by atoms with van der Waals surface area (Å²) in [5.74, 6) is 0.789. The lowest BCUT2D eigenvalue weighted by atomic mass is 10.00. The Morgan fingerprint density at radius 3 is 0.950 bits per heavy atom. The Morgan fingerprint density at radius 1 is 0.350 bits per heavy atom. The Hall–Kier alpha value is -1.59. The number of rotatable bonds is 48. The molecular formula is C54H104O6. The third-order valence-electron chi connectivity index (χ3n) is 12.6. The van der Waals surface area contributed by atoms with Crippen LogP contribution in [0.4, 0.5) is 0 Å². The van der Waals surface area contributed by atoms with Crippen molar-refractivity contribution < 1.29 is 28.6 Å². The van der Waals surface area contributed by atoms with E-state index in [1.54, 1.807) is 0 Å². The number of ether oxygens (including phenoxy) is 3. The smallest absolute Gasteiger partial charge is 0.306 e. The zero-order chi connectivity index (χ0) is 44.0. The number of carbonyl (C=O) groups excluding carboxylic acids is 3. The largest absolute Gasteiger partial charge is 0.462 e. The van der Waals surface area contributed by atoms with Crippen molar-refractivity contribution in [2.75, 3.05) is 13.2 Å². The van der Waals surface area contributed by atoms with Gasteiger partial charge in [0.05, 0.1) is 0 Å². The Labute approximate surface area is 374 Å². The number of hydrogen-bond acceptors (Lipinski definition) is 6. The molecule has 60 heavy (non-hydrogen) atoms. The Balaban J connectivity index is 4.26. The van der Waals surface area contributed by atoms with Gasteiger partial charge < -0.3 is 14.2 Å². The summed E-state index contributed by atoms with van der Waals surface area (Å²) < 4.78 is 16.8. The Kier molecular flexibility index (Phi) is 45.7. The third kappa shape index (κ3) is 45.9. The molecule has 0 aromatic carbocycles. The first-order chi connectivity index (χ1) is 29.3. The van der Waals surface area contributed by atoms with Gasteiger partial charge in [-0.15, -0.1) is 0 Å². The van der Waals surface area contributed by atoms with Gasteiger partial charge in [0, 0.05) is 19.3 Å². The summed E-state index contributed by atoms with van der Waals surface area (Å²) in [6, 6.07) is 0. The summed E-state index contributed by atoms with van der Waals surface area (Å²) in [4.78, 5) is 37.9. The molecule has 0 N–H and O–H groups in total. The van der Waals surface area contributed by atoms with Gasteiger partial charge in [-0.25, -0.2) is 0 Å². The van der Waals surface area contributed by atoms with Gasteiger partial charge in [-0.3, -0.25) is 14.4 Å². The number of esters is 3. The highest BCUT2D eigenvalue weighted by Gasteiger charge is 2.19. The fourth-order valence-electron chi connectivity index (χ4n) is 8.13. The van der Waals surface area contributed by atoms with Gasteiger partial charge in [0.2, 0.25) is 0 Å². The number of carbonyl (C=O) groups is 3. The maximum absolute atomic E-state index is 12.8. The van der Waals surface area contributed by atoms with Crippen molar-refractivity contribution in [2.45, 2.75) is 304 Å². The van der Waals surface area contributed by atoms with Gasteiger partial charge in [-0.2, -0.15) is 0 Å². The molecule has 356 valence electrons. The minimum absolute atomic E-state index is 0.0642. The summed E-state index contributed by atoms with van der Waals surface area (Å²) >= 11 is 0. The van der Waals surface area contributed by atoms with Gasteiger partial charge in [0.1, 0.15) is 13.2 Å².